The predicted octanol–water partition coefficient (Wildman–Crippen LogP) is 3.15. The van der Waals surface area contributed by atoms with Gasteiger partial charge < -0.3 is 9.73 Å². The van der Waals surface area contributed by atoms with Crippen molar-refractivity contribution in [3.63, 3.8) is 0 Å². The molecule has 1 saturated heterocycles. The third-order valence-electron chi connectivity index (χ3n) is 4.72. The van der Waals surface area contributed by atoms with Gasteiger partial charge in [-0.15, -0.1) is 0 Å². The second-order valence-corrected chi connectivity index (χ2v) is 6.35. The van der Waals surface area contributed by atoms with Gasteiger partial charge in [-0.05, 0) is 57.2 Å². The molecule has 2 atom stereocenters. The summed E-state index contributed by atoms with van der Waals surface area (Å²) in [5, 5.41) is 3.50. The van der Waals surface area contributed by atoms with Crippen LogP contribution in [-0.2, 0) is 13.1 Å². The minimum absolute atomic E-state index is 0.673. The lowest BCUT2D eigenvalue weighted by atomic mass is 9.92. The van der Waals surface area contributed by atoms with E-state index in [0.717, 1.165) is 36.6 Å². The Balaban J connectivity index is 1.53. The smallest absolute Gasteiger partial charge is 0.118 e. The topological polar surface area (TPSA) is 28.4 Å². The van der Waals surface area contributed by atoms with Crippen LogP contribution in [0.2, 0.25) is 0 Å². The maximum atomic E-state index is 5.94. The van der Waals surface area contributed by atoms with Crippen LogP contribution >= 0.6 is 0 Å². The van der Waals surface area contributed by atoms with Gasteiger partial charge in [0.1, 0.15) is 11.5 Å². The molecular formula is C16H26N2O. The number of furan rings is 1. The Morgan fingerprint density at radius 2 is 2.00 bits per heavy atom. The lowest BCUT2D eigenvalue weighted by Crippen LogP contribution is -2.41. The number of nitrogens with zero attached hydrogens (tertiary/aromatic N) is 1. The van der Waals surface area contributed by atoms with Crippen molar-refractivity contribution in [2.45, 2.75) is 64.7 Å². The van der Waals surface area contributed by atoms with E-state index in [9.17, 15) is 0 Å². The normalized spacial score (nSPS) is 28.7. The first kappa shape index (κ1) is 13.2. The fourth-order valence-corrected chi connectivity index (χ4v) is 2.98. The van der Waals surface area contributed by atoms with Gasteiger partial charge in [0.25, 0.3) is 0 Å². The van der Waals surface area contributed by atoms with Crippen LogP contribution in [0.5, 0.6) is 0 Å². The zero-order valence-electron chi connectivity index (χ0n) is 12.2. The summed E-state index contributed by atoms with van der Waals surface area (Å²) in [5.41, 5.74) is 0. The number of rotatable bonds is 5. The molecule has 3 heteroatoms. The van der Waals surface area contributed by atoms with Crippen LogP contribution in [0.1, 0.15) is 51.1 Å². The molecule has 1 aromatic heterocycles. The number of likely N-dealkylation sites (tertiary alicyclic amines) is 1. The third kappa shape index (κ3) is 3.40. The predicted molar refractivity (Wildman–Crippen MR) is 76.8 cm³/mol. The fourth-order valence-electron chi connectivity index (χ4n) is 2.98. The second kappa shape index (κ2) is 5.68. The summed E-state index contributed by atoms with van der Waals surface area (Å²) in [5.74, 6) is 3.01. The molecule has 1 saturated carbocycles. The summed E-state index contributed by atoms with van der Waals surface area (Å²) < 4.78 is 5.94. The average Bonchev–Trinajstić information content (AvgIpc) is 3.13. The van der Waals surface area contributed by atoms with E-state index in [-0.39, 0.29) is 0 Å². The van der Waals surface area contributed by atoms with Gasteiger partial charge in [-0.2, -0.15) is 0 Å². The first-order valence-corrected chi connectivity index (χ1v) is 7.77. The van der Waals surface area contributed by atoms with E-state index in [2.05, 4.69) is 36.2 Å². The molecule has 0 radical (unpaired) electrons. The lowest BCUT2D eigenvalue weighted by Gasteiger charge is -2.37. The minimum Gasteiger partial charge on any atom is -0.463 e. The van der Waals surface area contributed by atoms with Crippen LogP contribution in [-0.4, -0.2) is 23.5 Å². The Morgan fingerprint density at radius 1 is 1.21 bits per heavy atom. The molecule has 1 aliphatic heterocycles. The Bertz CT molecular complexity index is 411. The van der Waals surface area contributed by atoms with E-state index in [1.165, 1.54) is 32.2 Å². The Kier molecular flexibility index (Phi) is 3.94. The van der Waals surface area contributed by atoms with E-state index >= 15 is 0 Å². The second-order valence-electron chi connectivity index (χ2n) is 6.35. The van der Waals surface area contributed by atoms with Crippen molar-refractivity contribution in [3.05, 3.63) is 23.7 Å². The minimum atomic E-state index is 0.673. The van der Waals surface area contributed by atoms with Gasteiger partial charge in [0, 0.05) is 12.1 Å². The molecule has 3 rings (SSSR count). The van der Waals surface area contributed by atoms with E-state index in [1.54, 1.807) is 0 Å². The molecule has 2 aliphatic rings. The van der Waals surface area contributed by atoms with E-state index in [1.807, 2.05) is 0 Å². The van der Waals surface area contributed by atoms with Crippen molar-refractivity contribution in [2.24, 2.45) is 5.92 Å². The third-order valence-corrected chi connectivity index (χ3v) is 4.72. The number of hydrogen-bond donors (Lipinski definition) is 1. The molecule has 106 valence electrons. The maximum absolute atomic E-state index is 5.94. The molecule has 2 heterocycles. The molecule has 2 unspecified atom stereocenters. The van der Waals surface area contributed by atoms with Gasteiger partial charge in [0.2, 0.25) is 0 Å². The maximum Gasteiger partial charge on any atom is 0.118 e. The number of piperidine rings is 1. The summed E-state index contributed by atoms with van der Waals surface area (Å²) >= 11 is 0. The van der Waals surface area contributed by atoms with Crippen molar-refractivity contribution in [2.75, 3.05) is 6.54 Å². The first-order valence-electron chi connectivity index (χ1n) is 7.77. The fraction of sp³-hybridized carbons (Fsp3) is 0.750. The molecule has 1 aromatic rings. The van der Waals surface area contributed by atoms with Crippen LogP contribution in [0.3, 0.4) is 0 Å². The van der Waals surface area contributed by atoms with Crippen molar-refractivity contribution in [3.8, 4) is 0 Å². The highest BCUT2D eigenvalue weighted by Gasteiger charge is 2.25. The molecular weight excluding hydrogens is 236 g/mol. The molecule has 0 spiro atoms. The Morgan fingerprint density at radius 3 is 2.79 bits per heavy atom. The Hall–Kier alpha value is -0.800. The van der Waals surface area contributed by atoms with Crippen molar-refractivity contribution >= 4 is 0 Å². The highest BCUT2D eigenvalue weighted by Crippen LogP contribution is 2.25. The van der Waals surface area contributed by atoms with Gasteiger partial charge in [-0.1, -0.05) is 6.92 Å². The first-order chi connectivity index (χ1) is 9.22. The van der Waals surface area contributed by atoms with E-state index in [0.29, 0.717) is 6.04 Å². The average molecular weight is 262 g/mol. The zero-order valence-corrected chi connectivity index (χ0v) is 12.2. The molecule has 1 aliphatic carbocycles. The van der Waals surface area contributed by atoms with Crippen LogP contribution in [0.4, 0.5) is 0 Å². The summed E-state index contributed by atoms with van der Waals surface area (Å²) in [7, 11) is 0. The SMILES string of the molecule is CC1CCCN(Cc2ccc(CNC3CC3)o2)C1C. The number of nitrogens with one attached hydrogen (secondary N) is 1. The molecule has 0 amide bonds. The highest BCUT2D eigenvalue weighted by atomic mass is 16.3. The van der Waals surface area contributed by atoms with Crippen LogP contribution in [0.25, 0.3) is 0 Å². The van der Waals surface area contributed by atoms with Gasteiger partial charge in [-0.25, -0.2) is 0 Å². The van der Waals surface area contributed by atoms with E-state index in [4.69, 9.17) is 4.42 Å². The molecule has 2 fully saturated rings. The molecule has 0 bridgehead atoms. The summed E-state index contributed by atoms with van der Waals surface area (Å²) in [4.78, 5) is 2.56. The standard InChI is InChI=1S/C16H26N2O/c1-12-4-3-9-18(13(12)2)11-16-8-7-15(19-16)10-17-14-5-6-14/h7-8,12-14,17H,3-6,9-11H2,1-2H3. The van der Waals surface area contributed by atoms with Crippen molar-refractivity contribution < 1.29 is 4.42 Å². The van der Waals surface area contributed by atoms with Crippen LogP contribution in [0, 0.1) is 5.92 Å². The van der Waals surface area contributed by atoms with Gasteiger partial charge in [-0.3, -0.25) is 4.90 Å². The summed E-state index contributed by atoms with van der Waals surface area (Å²) in [6.45, 7) is 7.78. The van der Waals surface area contributed by atoms with Crippen molar-refractivity contribution in [1.82, 2.24) is 10.2 Å². The molecule has 1 N–H and O–H groups in total. The summed E-state index contributed by atoms with van der Waals surface area (Å²) in [6, 6.07) is 5.70. The lowest BCUT2D eigenvalue weighted by molar-refractivity contribution is 0.0981. The van der Waals surface area contributed by atoms with Crippen LogP contribution in [0.15, 0.2) is 16.5 Å². The largest absolute Gasteiger partial charge is 0.463 e. The monoisotopic (exact) mass is 262 g/mol. The molecule has 3 nitrogen and oxygen atoms in total. The summed E-state index contributed by atoms with van der Waals surface area (Å²) in [6.07, 6.45) is 5.35. The van der Waals surface area contributed by atoms with E-state index < -0.39 is 0 Å². The molecule has 0 aromatic carbocycles. The van der Waals surface area contributed by atoms with Crippen LogP contribution < -0.4 is 5.32 Å². The quantitative estimate of drug-likeness (QED) is 0.883. The Labute approximate surface area is 116 Å². The van der Waals surface area contributed by atoms with Crippen molar-refractivity contribution in [1.29, 1.82) is 0 Å². The van der Waals surface area contributed by atoms with Gasteiger partial charge in [0.15, 0.2) is 0 Å². The highest BCUT2D eigenvalue weighted by molar-refractivity contribution is 5.08. The molecule has 19 heavy (non-hydrogen) atoms. The zero-order chi connectivity index (χ0) is 13.2. The van der Waals surface area contributed by atoms with Gasteiger partial charge in [0.05, 0.1) is 13.1 Å². The van der Waals surface area contributed by atoms with Gasteiger partial charge >= 0.3 is 0 Å². The number of hydrogen-bond acceptors (Lipinski definition) is 3.